The average Bonchev–Trinajstić information content (AvgIpc) is 2.56. The molecule has 1 aliphatic rings. The number of nitrogens with two attached hydrogens (primary N) is 1. The second-order valence-electron chi connectivity index (χ2n) is 6.26. The van der Waals surface area contributed by atoms with Crippen molar-refractivity contribution in [1.82, 2.24) is 10.2 Å². The predicted molar refractivity (Wildman–Crippen MR) is 76.9 cm³/mol. The number of hydrogen-bond acceptors (Lipinski definition) is 5. The van der Waals surface area contributed by atoms with Crippen molar-refractivity contribution in [1.29, 1.82) is 0 Å². The van der Waals surface area contributed by atoms with Crippen LogP contribution >= 0.6 is 0 Å². The van der Waals surface area contributed by atoms with Gasteiger partial charge in [-0.25, -0.2) is 18.4 Å². The quantitative estimate of drug-likeness (QED) is 0.742. The molecular weight excluding hydrogens is 298 g/mol. The van der Waals surface area contributed by atoms with Gasteiger partial charge >= 0.3 is 6.09 Å². The maximum absolute atomic E-state index is 11.7. The van der Waals surface area contributed by atoms with Crippen LogP contribution < -0.4 is 10.5 Å². The zero-order valence-corrected chi connectivity index (χ0v) is 13.6. The van der Waals surface area contributed by atoms with E-state index < -0.39 is 27.0 Å². The standard InChI is InChI=1S/C12H23N3O5S/c1-8(14-11(17)20-12(2,3)4)6-15-7-9(5-10(15)16)21(13,18)19/h8-9H,5-7H2,1-4H3,(H,14,17)(H2,13,18,19). The highest BCUT2D eigenvalue weighted by Crippen LogP contribution is 2.16. The van der Waals surface area contributed by atoms with E-state index in [1.807, 2.05) is 0 Å². The van der Waals surface area contributed by atoms with Gasteiger partial charge in [0.15, 0.2) is 0 Å². The summed E-state index contributed by atoms with van der Waals surface area (Å²) in [6.07, 6.45) is -0.692. The van der Waals surface area contributed by atoms with E-state index in [0.29, 0.717) is 0 Å². The molecule has 0 aromatic rings. The van der Waals surface area contributed by atoms with Crippen LogP contribution in [-0.2, 0) is 19.6 Å². The minimum absolute atomic E-state index is 0.0536. The van der Waals surface area contributed by atoms with Gasteiger partial charge in [-0.15, -0.1) is 0 Å². The van der Waals surface area contributed by atoms with E-state index in [0.717, 1.165) is 0 Å². The SMILES string of the molecule is CC(CN1CC(S(N)(=O)=O)CC1=O)NC(=O)OC(C)(C)C. The summed E-state index contributed by atoms with van der Waals surface area (Å²) < 4.78 is 27.6. The summed E-state index contributed by atoms with van der Waals surface area (Å²) in [4.78, 5) is 24.7. The zero-order valence-electron chi connectivity index (χ0n) is 12.8. The smallest absolute Gasteiger partial charge is 0.407 e. The summed E-state index contributed by atoms with van der Waals surface area (Å²) in [7, 11) is -3.73. The number of nitrogens with zero attached hydrogens (tertiary/aromatic N) is 1. The molecule has 0 aromatic carbocycles. The molecular formula is C12H23N3O5S. The lowest BCUT2D eigenvalue weighted by Crippen LogP contribution is -2.44. The first kappa shape index (κ1) is 17.7. The van der Waals surface area contributed by atoms with Crippen molar-refractivity contribution in [2.45, 2.75) is 51.0 Å². The Bertz CT molecular complexity index is 511. The largest absolute Gasteiger partial charge is 0.444 e. The van der Waals surface area contributed by atoms with Crippen LogP contribution in [0.1, 0.15) is 34.1 Å². The van der Waals surface area contributed by atoms with E-state index in [2.05, 4.69) is 5.32 Å². The number of carbonyl (C=O) groups is 2. The van der Waals surface area contributed by atoms with Crippen molar-refractivity contribution in [3.8, 4) is 0 Å². The Balaban J connectivity index is 2.51. The monoisotopic (exact) mass is 321 g/mol. The molecule has 2 unspecified atom stereocenters. The summed E-state index contributed by atoms with van der Waals surface area (Å²) in [6, 6.07) is -0.358. The normalized spacial score (nSPS) is 21.3. The molecule has 1 heterocycles. The van der Waals surface area contributed by atoms with Gasteiger partial charge in [0.05, 0.1) is 0 Å². The molecule has 1 saturated heterocycles. The van der Waals surface area contributed by atoms with E-state index >= 15 is 0 Å². The van der Waals surface area contributed by atoms with Crippen molar-refractivity contribution >= 4 is 22.0 Å². The van der Waals surface area contributed by atoms with Gasteiger partial charge in [0.25, 0.3) is 0 Å². The van der Waals surface area contributed by atoms with Crippen molar-refractivity contribution in [2.75, 3.05) is 13.1 Å². The third-order valence-corrected chi connectivity index (χ3v) is 4.15. The number of primary sulfonamides is 1. The first-order valence-electron chi connectivity index (χ1n) is 6.67. The molecule has 1 fully saturated rings. The highest BCUT2D eigenvalue weighted by molar-refractivity contribution is 7.89. The van der Waals surface area contributed by atoms with E-state index in [1.165, 1.54) is 4.90 Å². The Kier molecular flexibility index (Phi) is 5.21. The van der Waals surface area contributed by atoms with Gasteiger partial charge in [-0.1, -0.05) is 0 Å². The van der Waals surface area contributed by atoms with Crippen molar-refractivity contribution in [3.05, 3.63) is 0 Å². The number of nitrogens with one attached hydrogen (secondary N) is 1. The van der Waals surface area contributed by atoms with Crippen LogP contribution in [0.4, 0.5) is 4.79 Å². The van der Waals surface area contributed by atoms with Gasteiger partial charge in [0.1, 0.15) is 10.9 Å². The molecule has 1 aliphatic heterocycles. The molecule has 0 radical (unpaired) electrons. The van der Waals surface area contributed by atoms with Crippen molar-refractivity contribution in [3.63, 3.8) is 0 Å². The minimum atomic E-state index is -3.73. The van der Waals surface area contributed by atoms with Gasteiger partial charge in [-0.2, -0.15) is 0 Å². The molecule has 0 spiro atoms. The van der Waals surface area contributed by atoms with Crippen molar-refractivity contribution < 1.29 is 22.7 Å². The van der Waals surface area contributed by atoms with Crippen LogP contribution in [0.3, 0.4) is 0 Å². The zero-order chi connectivity index (χ0) is 16.4. The van der Waals surface area contributed by atoms with Crippen LogP contribution in [-0.4, -0.2) is 55.3 Å². The molecule has 8 nitrogen and oxygen atoms in total. The Morgan fingerprint density at radius 3 is 2.52 bits per heavy atom. The first-order chi connectivity index (χ1) is 9.38. The van der Waals surface area contributed by atoms with Gasteiger partial charge in [0, 0.05) is 25.6 Å². The molecule has 2 amide bonds. The highest BCUT2D eigenvalue weighted by atomic mass is 32.2. The van der Waals surface area contributed by atoms with E-state index in [1.54, 1.807) is 27.7 Å². The summed E-state index contributed by atoms with van der Waals surface area (Å²) in [6.45, 7) is 7.22. The lowest BCUT2D eigenvalue weighted by molar-refractivity contribution is -0.127. The number of likely N-dealkylation sites (tertiary alicyclic amines) is 1. The number of hydrogen-bond donors (Lipinski definition) is 2. The molecule has 122 valence electrons. The summed E-state index contributed by atoms with van der Waals surface area (Å²) >= 11 is 0. The molecule has 21 heavy (non-hydrogen) atoms. The van der Waals surface area contributed by atoms with E-state index in [9.17, 15) is 18.0 Å². The number of sulfonamides is 1. The molecule has 3 N–H and O–H groups in total. The fraction of sp³-hybridized carbons (Fsp3) is 0.833. The fourth-order valence-electron chi connectivity index (χ4n) is 2.02. The lowest BCUT2D eigenvalue weighted by Gasteiger charge is -2.24. The first-order valence-corrected chi connectivity index (χ1v) is 8.28. The van der Waals surface area contributed by atoms with Crippen LogP contribution in [0, 0.1) is 0 Å². The Morgan fingerprint density at radius 2 is 2.10 bits per heavy atom. The molecule has 0 bridgehead atoms. The number of rotatable bonds is 4. The maximum atomic E-state index is 11.7. The fourth-order valence-corrected chi connectivity index (χ4v) is 2.78. The number of alkyl carbamates (subject to hydrolysis) is 1. The Labute approximate surface area is 125 Å². The maximum Gasteiger partial charge on any atom is 0.407 e. The van der Waals surface area contributed by atoms with Crippen LogP contribution in [0.15, 0.2) is 0 Å². The number of carbonyl (C=O) groups excluding carboxylic acids is 2. The van der Waals surface area contributed by atoms with Crippen LogP contribution in [0.5, 0.6) is 0 Å². The summed E-state index contributed by atoms with van der Waals surface area (Å²) in [5.41, 5.74) is -0.605. The van der Waals surface area contributed by atoms with Crippen molar-refractivity contribution in [2.24, 2.45) is 5.14 Å². The molecule has 2 atom stereocenters. The topological polar surface area (TPSA) is 119 Å². The second-order valence-corrected chi connectivity index (χ2v) is 8.11. The molecule has 0 aromatic heterocycles. The van der Waals surface area contributed by atoms with Gasteiger partial charge in [0.2, 0.25) is 15.9 Å². The highest BCUT2D eigenvalue weighted by Gasteiger charge is 2.37. The predicted octanol–water partition coefficient (Wildman–Crippen LogP) is -0.211. The minimum Gasteiger partial charge on any atom is -0.444 e. The second kappa shape index (κ2) is 6.18. The van der Waals surface area contributed by atoms with Gasteiger partial charge < -0.3 is 15.0 Å². The number of ether oxygens (including phenoxy) is 1. The van der Waals surface area contributed by atoms with Crippen LogP contribution in [0.2, 0.25) is 0 Å². The Hall–Kier alpha value is -1.35. The molecule has 0 saturated carbocycles. The third-order valence-electron chi connectivity index (χ3n) is 2.90. The molecule has 9 heteroatoms. The van der Waals surface area contributed by atoms with E-state index in [-0.39, 0.29) is 31.5 Å². The van der Waals surface area contributed by atoms with Gasteiger partial charge in [-0.05, 0) is 27.7 Å². The van der Waals surface area contributed by atoms with E-state index in [4.69, 9.17) is 9.88 Å². The van der Waals surface area contributed by atoms with Crippen LogP contribution in [0.25, 0.3) is 0 Å². The lowest BCUT2D eigenvalue weighted by atomic mass is 10.2. The van der Waals surface area contributed by atoms with Gasteiger partial charge in [-0.3, -0.25) is 4.79 Å². The average molecular weight is 321 g/mol. The Morgan fingerprint density at radius 1 is 1.52 bits per heavy atom. The summed E-state index contributed by atoms with van der Waals surface area (Å²) in [5, 5.41) is 6.78. The molecule has 0 aliphatic carbocycles. The third kappa shape index (κ3) is 5.88. The molecule has 1 rings (SSSR count). The summed E-state index contributed by atoms with van der Waals surface area (Å²) in [5.74, 6) is -0.285. The number of amides is 2.